The topological polar surface area (TPSA) is 79.5 Å². The Hall–Kier alpha value is -3.26. The summed E-state index contributed by atoms with van der Waals surface area (Å²) in [6.45, 7) is 1.03. The van der Waals surface area contributed by atoms with Crippen LogP contribution in [0.3, 0.4) is 0 Å². The van der Waals surface area contributed by atoms with Gasteiger partial charge in [0.15, 0.2) is 0 Å². The van der Waals surface area contributed by atoms with Crippen molar-refractivity contribution in [3.63, 3.8) is 0 Å². The van der Waals surface area contributed by atoms with Gasteiger partial charge in [-0.05, 0) is 48.0 Å². The Morgan fingerprint density at radius 1 is 1.00 bits per heavy atom. The molecular formula is C19H17NO4. The summed E-state index contributed by atoms with van der Waals surface area (Å²) in [5, 5.41) is 17.3. The van der Waals surface area contributed by atoms with E-state index >= 15 is 0 Å². The van der Waals surface area contributed by atoms with Gasteiger partial charge in [0.2, 0.25) is 0 Å². The highest BCUT2D eigenvalue weighted by Crippen LogP contribution is 2.14. The first-order valence-corrected chi connectivity index (χ1v) is 7.44. The fraction of sp³-hybridized carbons (Fsp3) is 0.158. The van der Waals surface area contributed by atoms with Crippen molar-refractivity contribution in [2.75, 3.05) is 13.2 Å². The van der Waals surface area contributed by atoms with Crippen molar-refractivity contribution in [3.05, 3.63) is 65.7 Å². The van der Waals surface area contributed by atoms with Crippen LogP contribution in [0.5, 0.6) is 11.5 Å². The molecule has 5 heteroatoms. The van der Waals surface area contributed by atoms with Crippen molar-refractivity contribution in [2.45, 2.75) is 6.42 Å². The highest BCUT2D eigenvalue weighted by molar-refractivity contribution is 5.85. The zero-order valence-corrected chi connectivity index (χ0v) is 13.0. The molecule has 5 nitrogen and oxygen atoms in total. The summed E-state index contributed by atoms with van der Waals surface area (Å²) in [4.78, 5) is 10.4. The summed E-state index contributed by atoms with van der Waals surface area (Å²) in [5.41, 5.74) is 1.40. The van der Waals surface area contributed by atoms with Gasteiger partial charge >= 0.3 is 5.97 Å². The van der Waals surface area contributed by atoms with Crippen LogP contribution in [0.4, 0.5) is 0 Å². The molecular weight excluding hydrogens is 306 g/mol. The molecule has 24 heavy (non-hydrogen) atoms. The fourth-order valence-electron chi connectivity index (χ4n) is 1.91. The third-order valence-corrected chi connectivity index (χ3v) is 3.11. The maximum absolute atomic E-state index is 10.4. The maximum Gasteiger partial charge on any atom is 0.328 e. The molecule has 0 saturated carbocycles. The van der Waals surface area contributed by atoms with E-state index in [1.54, 1.807) is 48.5 Å². The molecule has 0 amide bonds. The summed E-state index contributed by atoms with van der Waals surface area (Å²) < 4.78 is 11.2. The number of rotatable bonds is 8. The van der Waals surface area contributed by atoms with Crippen LogP contribution in [0.25, 0.3) is 6.08 Å². The van der Waals surface area contributed by atoms with Gasteiger partial charge in [-0.2, -0.15) is 5.26 Å². The Morgan fingerprint density at radius 3 is 2.04 bits per heavy atom. The first-order chi connectivity index (χ1) is 11.7. The number of carbonyl (C=O) groups is 1. The second-order valence-electron chi connectivity index (χ2n) is 4.93. The zero-order chi connectivity index (χ0) is 17.2. The van der Waals surface area contributed by atoms with E-state index < -0.39 is 5.97 Å². The third-order valence-electron chi connectivity index (χ3n) is 3.11. The molecule has 0 bridgehead atoms. The lowest BCUT2D eigenvalue weighted by Crippen LogP contribution is -2.04. The number of nitrogens with zero attached hydrogens (tertiary/aromatic N) is 1. The Kier molecular flexibility index (Phi) is 6.42. The molecule has 0 aromatic heterocycles. The fourth-order valence-corrected chi connectivity index (χ4v) is 1.91. The van der Waals surface area contributed by atoms with Crippen LogP contribution in [0.1, 0.15) is 17.5 Å². The van der Waals surface area contributed by atoms with Gasteiger partial charge in [-0.15, -0.1) is 0 Å². The lowest BCUT2D eigenvalue weighted by atomic mass is 10.2. The van der Waals surface area contributed by atoms with Gasteiger partial charge in [0.1, 0.15) is 11.5 Å². The number of hydrogen-bond donors (Lipinski definition) is 1. The van der Waals surface area contributed by atoms with E-state index in [1.165, 1.54) is 6.08 Å². The maximum atomic E-state index is 10.4. The van der Waals surface area contributed by atoms with Gasteiger partial charge in [0, 0.05) is 12.5 Å². The molecule has 0 fully saturated rings. The molecule has 0 aliphatic heterocycles. The smallest absolute Gasteiger partial charge is 0.328 e. The van der Waals surface area contributed by atoms with Crippen molar-refractivity contribution in [1.82, 2.24) is 0 Å². The standard InChI is InChI=1S/C19H17NO4/c20-14-16-4-9-18(10-5-16)24-13-1-12-23-17-7-2-15(3-8-17)6-11-19(21)22/h2-11H,1,12-13H2,(H,21,22)/b11-6+. The first-order valence-electron chi connectivity index (χ1n) is 7.44. The number of carboxylic acid groups (broad SMARTS) is 1. The summed E-state index contributed by atoms with van der Waals surface area (Å²) in [5.74, 6) is 0.474. The van der Waals surface area contributed by atoms with Gasteiger partial charge in [-0.3, -0.25) is 0 Å². The van der Waals surface area contributed by atoms with Crippen molar-refractivity contribution in [2.24, 2.45) is 0 Å². The molecule has 0 aliphatic carbocycles. The number of benzene rings is 2. The molecule has 1 N–H and O–H groups in total. The Labute approximate surface area is 140 Å². The molecule has 0 aliphatic rings. The minimum atomic E-state index is -0.974. The van der Waals surface area contributed by atoms with E-state index in [2.05, 4.69) is 6.07 Å². The van der Waals surface area contributed by atoms with Crippen LogP contribution >= 0.6 is 0 Å². The predicted molar refractivity (Wildman–Crippen MR) is 89.9 cm³/mol. The minimum absolute atomic E-state index is 0.514. The Morgan fingerprint density at radius 2 is 1.54 bits per heavy atom. The molecule has 0 radical (unpaired) electrons. The highest BCUT2D eigenvalue weighted by atomic mass is 16.5. The summed E-state index contributed by atoms with van der Waals surface area (Å²) >= 11 is 0. The number of hydrogen-bond acceptors (Lipinski definition) is 4. The summed E-state index contributed by atoms with van der Waals surface area (Å²) in [6.07, 6.45) is 3.34. The normalized spacial score (nSPS) is 10.3. The molecule has 122 valence electrons. The number of nitriles is 1. The first kappa shape index (κ1) is 17.1. The zero-order valence-electron chi connectivity index (χ0n) is 13.0. The van der Waals surface area contributed by atoms with Crippen LogP contribution in [0.15, 0.2) is 54.6 Å². The van der Waals surface area contributed by atoms with Gasteiger partial charge in [0.05, 0.1) is 24.8 Å². The molecule has 0 spiro atoms. The van der Waals surface area contributed by atoms with Gasteiger partial charge in [-0.1, -0.05) is 12.1 Å². The average molecular weight is 323 g/mol. The van der Waals surface area contributed by atoms with Gasteiger partial charge < -0.3 is 14.6 Å². The van der Waals surface area contributed by atoms with Gasteiger partial charge in [0.25, 0.3) is 0 Å². The van der Waals surface area contributed by atoms with E-state index in [-0.39, 0.29) is 0 Å². The molecule has 2 aromatic rings. The lowest BCUT2D eigenvalue weighted by molar-refractivity contribution is -0.131. The van der Waals surface area contributed by atoms with E-state index in [0.717, 1.165) is 29.6 Å². The molecule has 0 atom stereocenters. The number of carboxylic acids is 1. The number of aliphatic carboxylic acids is 1. The Balaban J connectivity index is 1.68. The molecule has 2 rings (SSSR count). The quantitative estimate of drug-likeness (QED) is 0.594. The van der Waals surface area contributed by atoms with E-state index in [9.17, 15) is 4.79 Å². The van der Waals surface area contributed by atoms with Crippen molar-refractivity contribution < 1.29 is 19.4 Å². The average Bonchev–Trinajstić information content (AvgIpc) is 2.61. The second-order valence-corrected chi connectivity index (χ2v) is 4.93. The van der Waals surface area contributed by atoms with Gasteiger partial charge in [-0.25, -0.2) is 4.79 Å². The van der Waals surface area contributed by atoms with Crippen molar-refractivity contribution in [1.29, 1.82) is 5.26 Å². The predicted octanol–water partition coefficient (Wildman–Crippen LogP) is 3.50. The minimum Gasteiger partial charge on any atom is -0.493 e. The molecule has 0 saturated heterocycles. The van der Waals surface area contributed by atoms with Crippen LogP contribution in [-0.4, -0.2) is 24.3 Å². The van der Waals surface area contributed by atoms with Crippen molar-refractivity contribution in [3.8, 4) is 17.6 Å². The van der Waals surface area contributed by atoms with E-state index in [1.807, 2.05) is 0 Å². The van der Waals surface area contributed by atoms with Crippen LogP contribution in [-0.2, 0) is 4.79 Å². The molecule has 2 aromatic carbocycles. The summed E-state index contributed by atoms with van der Waals surface area (Å²) in [6, 6.07) is 16.2. The SMILES string of the molecule is N#Cc1ccc(OCCCOc2ccc(/C=C/C(=O)O)cc2)cc1. The monoisotopic (exact) mass is 323 g/mol. The molecule has 0 heterocycles. The Bertz CT molecular complexity index is 727. The van der Waals surface area contributed by atoms with Crippen LogP contribution in [0.2, 0.25) is 0 Å². The van der Waals surface area contributed by atoms with E-state index in [0.29, 0.717) is 18.8 Å². The third kappa shape index (κ3) is 5.85. The van der Waals surface area contributed by atoms with Crippen LogP contribution < -0.4 is 9.47 Å². The lowest BCUT2D eigenvalue weighted by Gasteiger charge is -2.08. The second kappa shape index (κ2) is 9.01. The summed E-state index contributed by atoms with van der Waals surface area (Å²) in [7, 11) is 0. The number of ether oxygens (including phenoxy) is 2. The molecule has 0 unspecified atom stereocenters. The largest absolute Gasteiger partial charge is 0.493 e. The van der Waals surface area contributed by atoms with E-state index in [4.69, 9.17) is 19.8 Å². The highest BCUT2D eigenvalue weighted by Gasteiger charge is 1.97. The van der Waals surface area contributed by atoms with Crippen LogP contribution in [0, 0.1) is 11.3 Å². The van der Waals surface area contributed by atoms with Crippen molar-refractivity contribution >= 4 is 12.0 Å².